The molecule has 24 heavy (non-hydrogen) atoms. The van der Waals surface area contributed by atoms with Crippen LogP contribution in [-0.2, 0) is 21.2 Å². The number of amides is 1. The molecule has 0 aromatic heterocycles. The fraction of sp³-hybridized carbons (Fsp3) is 0.588. The summed E-state index contributed by atoms with van der Waals surface area (Å²) in [6.07, 6.45) is 0.543. The van der Waals surface area contributed by atoms with Crippen molar-refractivity contribution >= 4 is 15.7 Å². The van der Waals surface area contributed by atoms with Gasteiger partial charge in [0.1, 0.15) is 5.75 Å². The van der Waals surface area contributed by atoms with Gasteiger partial charge >= 0.3 is 0 Å². The topological polar surface area (TPSA) is 66.9 Å². The lowest BCUT2D eigenvalue weighted by atomic mass is 10.2. The van der Waals surface area contributed by atoms with Gasteiger partial charge in [0.15, 0.2) is 9.84 Å². The fourth-order valence-corrected chi connectivity index (χ4v) is 4.85. The molecule has 1 fully saturated rings. The summed E-state index contributed by atoms with van der Waals surface area (Å²) in [6, 6.07) is 7.56. The predicted molar refractivity (Wildman–Crippen MR) is 93.8 cm³/mol. The van der Waals surface area contributed by atoms with Crippen LogP contribution in [0.15, 0.2) is 24.3 Å². The standard InChI is InChI=1S/C17H26N2O4S/c1-4-19(15-8-9-24(21,22)13-15)17(20)12-18(2)11-14-6-5-7-16(10-14)23-3/h5-7,10,15H,4,8-9,11-13H2,1-3H3. The molecule has 1 aliphatic heterocycles. The number of benzene rings is 1. The van der Waals surface area contributed by atoms with Crippen LogP contribution < -0.4 is 4.74 Å². The van der Waals surface area contributed by atoms with Crippen LogP contribution >= 0.6 is 0 Å². The molecular formula is C17H26N2O4S. The monoisotopic (exact) mass is 354 g/mol. The van der Waals surface area contributed by atoms with Crippen LogP contribution in [0.3, 0.4) is 0 Å². The van der Waals surface area contributed by atoms with Crippen LogP contribution in [-0.4, -0.2) is 68.9 Å². The molecule has 1 amide bonds. The Balaban J connectivity index is 1.94. The molecule has 1 aromatic carbocycles. The van der Waals surface area contributed by atoms with Crippen molar-refractivity contribution in [1.82, 2.24) is 9.80 Å². The second-order valence-electron chi connectivity index (χ2n) is 6.26. The molecule has 0 N–H and O–H groups in total. The van der Waals surface area contributed by atoms with Gasteiger partial charge in [-0.25, -0.2) is 8.42 Å². The maximum Gasteiger partial charge on any atom is 0.237 e. The smallest absolute Gasteiger partial charge is 0.237 e. The number of methoxy groups -OCH3 is 1. The summed E-state index contributed by atoms with van der Waals surface area (Å²) < 4.78 is 28.5. The number of rotatable bonds is 7. The Hall–Kier alpha value is -1.60. The normalized spacial score (nSPS) is 19.4. The Morgan fingerprint density at radius 3 is 2.71 bits per heavy atom. The molecule has 6 nitrogen and oxygen atoms in total. The Kier molecular flexibility index (Phi) is 6.23. The number of ether oxygens (including phenoxy) is 1. The summed E-state index contributed by atoms with van der Waals surface area (Å²) in [5.74, 6) is 1.04. The van der Waals surface area contributed by atoms with Crippen LogP contribution in [0.5, 0.6) is 5.75 Å². The van der Waals surface area contributed by atoms with E-state index < -0.39 is 9.84 Å². The molecule has 1 saturated heterocycles. The Morgan fingerprint density at radius 1 is 1.38 bits per heavy atom. The highest BCUT2D eigenvalue weighted by atomic mass is 32.2. The largest absolute Gasteiger partial charge is 0.497 e. The van der Waals surface area contributed by atoms with Crippen molar-refractivity contribution < 1.29 is 17.9 Å². The number of hydrogen-bond donors (Lipinski definition) is 0. The van der Waals surface area contributed by atoms with Crippen LogP contribution in [0, 0.1) is 0 Å². The zero-order valence-corrected chi connectivity index (χ0v) is 15.4. The van der Waals surface area contributed by atoms with Gasteiger partial charge in [-0.15, -0.1) is 0 Å². The van der Waals surface area contributed by atoms with E-state index in [1.54, 1.807) is 12.0 Å². The van der Waals surface area contributed by atoms with Gasteiger partial charge in [0.2, 0.25) is 5.91 Å². The Labute approximate surface area is 144 Å². The van der Waals surface area contributed by atoms with E-state index in [-0.39, 0.29) is 30.0 Å². The first-order valence-electron chi connectivity index (χ1n) is 8.16. The molecule has 1 aliphatic rings. The quantitative estimate of drug-likeness (QED) is 0.735. The van der Waals surface area contributed by atoms with Crippen molar-refractivity contribution in [2.24, 2.45) is 0 Å². The average Bonchev–Trinajstić information content (AvgIpc) is 2.87. The lowest BCUT2D eigenvalue weighted by Gasteiger charge is -2.29. The molecule has 0 radical (unpaired) electrons. The summed E-state index contributed by atoms with van der Waals surface area (Å²) in [4.78, 5) is 16.2. The molecule has 1 unspecified atom stereocenters. The van der Waals surface area contributed by atoms with Gasteiger partial charge < -0.3 is 9.64 Å². The van der Waals surface area contributed by atoms with Gasteiger partial charge in [0.05, 0.1) is 25.2 Å². The van der Waals surface area contributed by atoms with Gasteiger partial charge in [0, 0.05) is 19.1 Å². The van der Waals surface area contributed by atoms with E-state index in [0.717, 1.165) is 11.3 Å². The highest BCUT2D eigenvalue weighted by molar-refractivity contribution is 7.91. The molecule has 1 heterocycles. The summed E-state index contributed by atoms with van der Waals surface area (Å²) in [5.41, 5.74) is 1.07. The molecule has 7 heteroatoms. The van der Waals surface area contributed by atoms with Crippen LogP contribution in [0.1, 0.15) is 18.9 Å². The minimum absolute atomic E-state index is 0.0232. The average molecular weight is 354 g/mol. The molecule has 1 atom stereocenters. The number of nitrogens with zero attached hydrogens (tertiary/aromatic N) is 2. The third kappa shape index (κ3) is 4.95. The summed E-state index contributed by atoms with van der Waals surface area (Å²) in [7, 11) is 0.521. The molecule has 0 spiro atoms. The maximum atomic E-state index is 12.6. The van der Waals surface area contributed by atoms with Crippen molar-refractivity contribution in [1.29, 1.82) is 0 Å². The highest BCUT2D eigenvalue weighted by Gasteiger charge is 2.33. The van der Waals surface area contributed by atoms with Crippen molar-refractivity contribution in [3.05, 3.63) is 29.8 Å². The van der Waals surface area contributed by atoms with Gasteiger partial charge in [-0.1, -0.05) is 12.1 Å². The van der Waals surface area contributed by atoms with Crippen molar-refractivity contribution in [3.63, 3.8) is 0 Å². The van der Waals surface area contributed by atoms with Crippen LogP contribution in [0.25, 0.3) is 0 Å². The van der Waals surface area contributed by atoms with Crippen molar-refractivity contribution in [2.45, 2.75) is 25.9 Å². The third-order valence-corrected chi connectivity index (χ3v) is 6.05. The number of carbonyl (C=O) groups is 1. The number of hydrogen-bond acceptors (Lipinski definition) is 5. The zero-order valence-electron chi connectivity index (χ0n) is 14.6. The van der Waals surface area contributed by atoms with E-state index in [0.29, 0.717) is 19.5 Å². The molecule has 2 rings (SSSR count). The van der Waals surface area contributed by atoms with E-state index in [9.17, 15) is 13.2 Å². The summed E-state index contributed by atoms with van der Waals surface area (Å²) in [6.45, 7) is 3.32. The lowest BCUT2D eigenvalue weighted by molar-refractivity contribution is -0.133. The molecule has 0 aliphatic carbocycles. The molecule has 0 saturated carbocycles. The van der Waals surface area contributed by atoms with E-state index >= 15 is 0 Å². The second kappa shape index (κ2) is 7.98. The summed E-state index contributed by atoms with van der Waals surface area (Å²) in [5, 5.41) is 0. The van der Waals surface area contributed by atoms with E-state index in [1.807, 2.05) is 43.1 Å². The number of likely N-dealkylation sites (N-methyl/N-ethyl adjacent to an activating group) is 2. The van der Waals surface area contributed by atoms with E-state index in [2.05, 4.69) is 0 Å². The Morgan fingerprint density at radius 2 is 2.12 bits per heavy atom. The second-order valence-corrected chi connectivity index (χ2v) is 8.49. The van der Waals surface area contributed by atoms with Crippen molar-refractivity contribution in [2.75, 3.05) is 38.8 Å². The fourth-order valence-electron chi connectivity index (χ4n) is 3.12. The molecule has 1 aromatic rings. The van der Waals surface area contributed by atoms with Crippen LogP contribution in [0.2, 0.25) is 0 Å². The molecule has 134 valence electrons. The lowest BCUT2D eigenvalue weighted by Crippen LogP contribution is -2.45. The highest BCUT2D eigenvalue weighted by Crippen LogP contribution is 2.18. The third-order valence-electron chi connectivity index (χ3n) is 4.30. The minimum atomic E-state index is -2.99. The van der Waals surface area contributed by atoms with Gasteiger partial charge in [-0.2, -0.15) is 0 Å². The van der Waals surface area contributed by atoms with E-state index in [1.165, 1.54) is 0 Å². The van der Waals surface area contributed by atoms with Gasteiger partial charge in [-0.3, -0.25) is 9.69 Å². The predicted octanol–water partition coefficient (Wildman–Crippen LogP) is 1.16. The Bertz CT molecular complexity index is 675. The van der Waals surface area contributed by atoms with E-state index in [4.69, 9.17) is 4.74 Å². The van der Waals surface area contributed by atoms with Gasteiger partial charge in [-0.05, 0) is 38.1 Å². The van der Waals surface area contributed by atoms with Crippen molar-refractivity contribution in [3.8, 4) is 5.75 Å². The first-order chi connectivity index (χ1) is 11.3. The first-order valence-corrected chi connectivity index (χ1v) is 9.98. The van der Waals surface area contributed by atoms with Crippen LogP contribution in [0.4, 0.5) is 0 Å². The SMILES string of the molecule is CCN(C(=O)CN(C)Cc1cccc(OC)c1)C1CCS(=O)(=O)C1. The first kappa shape index (κ1) is 18.7. The number of carbonyl (C=O) groups excluding carboxylic acids is 1. The summed E-state index contributed by atoms with van der Waals surface area (Å²) >= 11 is 0. The number of sulfone groups is 1. The van der Waals surface area contributed by atoms with Gasteiger partial charge in [0.25, 0.3) is 0 Å². The minimum Gasteiger partial charge on any atom is -0.497 e. The molecular weight excluding hydrogens is 328 g/mol. The zero-order chi connectivity index (χ0) is 17.7. The molecule has 0 bridgehead atoms. The maximum absolute atomic E-state index is 12.6.